The second-order valence-corrected chi connectivity index (χ2v) is 11.1. The number of hydrogen-bond donors (Lipinski definition) is 1. The van der Waals surface area contributed by atoms with Crippen LogP contribution in [0, 0.1) is 6.92 Å². The molecule has 4 aromatic rings. The molecule has 1 saturated heterocycles. The highest BCUT2D eigenvalue weighted by Gasteiger charge is 2.50. The lowest BCUT2D eigenvalue weighted by Gasteiger charge is -2.45. The Labute approximate surface area is 245 Å². The number of thioether (sulfide) groups is 1. The lowest BCUT2D eigenvalue weighted by atomic mass is 9.99. The van der Waals surface area contributed by atoms with Gasteiger partial charge in [-0.15, -0.1) is 0 Å². The fourth-order valence-corrected chi connectivity index (χ4v) is 5.79. The number of carbonyl (C=O) groups is 1. The minimum Gasteiger partial charge on any atom is -0.452 e. The lowest BCUT2D eigenvalue weighted by Crippen LogP contribution is -2.60. The molecular formula is C34H34O6S. The normalized spacial score (nSPS) is 22.2. The monoisotopic (exact) mass is 570 g/mol. The van der Waals surface area contributed by atoms with Crippen LogP contribution < -0.4 is 0 Å². The van der Waals surface area contributed by atoms with Crippen LogP contribution in [0.5, 0.6) is 0 Å². The van der Waals surface area contributed by atoms with Crippen LogP contribution >= 0.6 is 11.8 Å². The minimum absolute atomic E-state index is 0.274. The highest BCUT2D eigenvalue weighted by Crippen LogP contribution is 2.38. The Morgan fingerprint density at radius 3 is 1.83 bits per heavy atom. The molecular weight excluding hydrogens is 536 g/mol. The van der Waals surface area contributed by atoms with Gasteiger partial charge in [0.05, 0.1) is 25.4 Å². The highest BCUT2D eigenvalue weighted by molar-refractivity contribution is 7.99. The summed E-state index contributed by atoms with van der Waals surface area (Å²) in [6.45, 7) is 2.30. The summed E-state index contributed by atoms with van der Waals surface area (Å²) in [7, 11) is 0. The van der Waals surface area contributed by atoms with Crippen molar-refractivity contribution >= 4 is 17.7 Å². The van der Waals surface area contributed by atoms with Crippen LogP contribution in [0.15, 0.2) is 120 Å². The molecule has 1 fully saturated rings. The minimum atomic E-state index is -0.832. The van der Waals surface area contributed by atoms with Crippen LogP contribution in [0.3, 0.4) is 0 Å². The molecule has 0 aliphatic carbocycles. The van der Waals surface area contributed by atoms with Crippen LogP contribution in [-0.4, -0.2) is 47.5 Å². The van der Waals surface area contributed by atoms with Crippen LogP contribution in [0.25, 0.3) is 0 Å². The summed E-state index contributed by atoms with van der Waals surface area (Å²) in [5, 5.41) is 10.5. The van der Waals surface area contributed by atoms with E-state index < -0.39 is 35.8 Å². The molecule has 0 amide bonds. The Morgan fingerprint density at radius 1 is 0.732 bits per heavy atom. The topological polar surface area (TPSA) is 74.2 Å². The van der Waals surface area contributed by atoms with E-state index in [2.05, 4.69) is 0 Å². The highest BCUT2D eigenvalue weighted by atomic mass is 32.2. The number of ether oxygens (including phenoxy) is 4. The van der Waals surface area contributed by atoms with Crippen molar-refractivity contribution in [2.24, 2.45) is 0 Å². The SMILES string of the molecule is Cc1ccc(S[C@H]2O[C@H](CO)[C@@H](OCc3ccccc3)[C@H](OCc3ccccc3)[C@@H]2OC(=O)c2ccccc2)cc1. The number of aliphatic hydroxyl groups is 1. The maximum absolute atomic E-state index is 13.4. The van der Waals surface area contributed by atoms with Crippen molar-refractivity contribution < 1.29 is 28.8 Å². The van der Waals surface area contributed by atoms with Gasteiger partial charge < -0.3 is 24.1 Å². The van der Waals surface area contributed by atoms with E-state index >= 15 is 0 Å². The van der Waals surface area contributed by atoms with Gasteiger partial charge in [0.1, 0.15) is 23.7 Å². The van der Waals surface area contributed by atoms with E-state index in [1.165, 1.54) is 11.8 Å². The molecule has 0 spiro atoms. The molecule has 1 N–H and O–H groups in total. The van der Waals surface area contributed by atoms with Crippen LogP contribution in [-0.2, 0) is 32.2 Å². The Bertz CT molecular complexity index is 1350. The third-order valence-corrected chi connectivity index (χ3v) is 8.02. The maximum atomic E-state index is 13.4. The van der Waals surface area contributed by atoms with Crippen molar-refractivity contribution in [2.45, 2.75) is 54.9 Å². The third-order valence-electron chi connectivity index (χ3n) is 6.87. The summed E-state index contributed by atoms with van der Waals surface area (Å²) in [5.74, 6) is -0.480. The van der Waals surface area contributed by atoms with Gasteiger partial charge in [-0.25, -0.2) is 4.79 Å². The van der Waals surface area contributed by atoms with Gasteiger partial charge in [-0.1, -0.05) is 108 Å². The van der Waals surface area contributed by atoms with Crippen molar-refractivity contribution in [3.05, 3.63) is 138 Å². The van der Waals surface area contributed by atoms with Crippen molar-refractivity contribution in [2.75, 3.05) is 6.61 Å². The van der Waals surface area contributed by atoms with Crippen molar-refractivity contribution in [1.29, 1.82) is 0 Å². The quantitative estimate of drug-likeness (QED) is 0.215. The second kappa shape index (κ2) is 14.4. The van der Waals surface area contributed by atoms with E-state index in [9.17, 15) is 9.90 Å². The maximum Gasteiger partial charge on any atom is 0.338 e. The molecule has 5 rings (SSSR count). The van der Waals surface area contributed by atoms with E-state index in [0.29, 0.717) is 5.56 Å². The molecule has 1 aliphatic heterocycles. The van der Waals surface area contributed by atoms with Gasteiger partial charge in [0.2, 0.25) is 0 Å². The Morgan fingerprint density at radius 2 is 1.27 bits per heavy atom. The number of aliphatic hydroxyl groups excluding tert-OH is 1. The first-order valence-electron chi connectivity index (χ1n) is 13.7. The number of benzene rings is 4. The largest absolute Gasteiger partial charge is 0.452 e. The van der Waals surface area contributed by atoms with Gasteiger partial charge in [0, 0.05) is 4.90 Å². The van der Waals surface area contributed by atoms with Crippen molar-refractivity contribution in [3.8, 4) is 0 Å². The van der Waals surface area contributed by atoms with E-state index in [0.717, 1.165) is 21.6 Å². The molecule has 212 valence electrons. The first-order chi connectivity index (χ1) is 20.1. The summed E-state index contributed by atoms with van der Waals surface area (Å²) in [4.78, 5) is 14.3. The van der Waals surface area contributed by atoms with Crippen molar-refractivity contribution in [1.82, 2.24) is 0 Å². The van der Waals surface area contributed by atoms with E-state index in [1.807, 2.05) is 97.9 Å². The molecule has 1 heterocycles. The van der Waals surface area contributed by atoms with Gasteiger partial charge in [-0.05, 0) is 42.3 Å². The van der Waals surface area contributed by atoms with Gasteiger partial charge in [0.15, 0.2) is 6.10 Å². The molecule has 4 aromatic carbocycles. The summed E-state index contributed by atoms with van der Waals surface area (Å²) in [6, 6.07) is 36.5. The average Bonchev–Trinajstić information content (AvgIpc) is 3.02. The summed E-state index contributed by atoms with van der Waals surface area (Å²) < 4.78 is 25.6. The van der Waals surface area contributed by atoms with Gasteiger partial charge >= 0.3 is 5.97 Å². The molecule has 0 saturated carbocycles. The summed E-state index contributed by atoms with van der Waals surface area (Å²) >= 11 is 1.43. The zero-order chi connectivity index (χ0) is 28.4. The summed E-state index contributed by atoms with van der Waals surface area (Å²) in [5.41, 5.74) is 2.86. The van der Waals surface area contributed by atoms with Gasteiger partial charge in [-0.2, -0.15) is 0 Å². The van der Waals surface area contributed by atoms with Crippen LogP contribution in [0.4, 0.5) is 0 Å². The van der Waals surface area contributed by atoms with Crippen LogP contribution in [0.1, 0.15) is 27.0 Å². The van der Waals surface area contributed by atoms with E-state index in [4.69, 9.17) is 18.9 Å². The standard InChI is InChI=1S/C34H34O6S/c1-24-17-19-28(20-18-24)41-34-32(40-33(36)27-15-9-4-10-16-27)31(38-23-26-13-7-3-8-14-26)30(29(21-35)39-34)37-22-25-11-5-2-6-12-25/h2-20,29-32,34-35H,21-23H2,1H3/t29-,30-,31+,32+,34-/m1/s1. The number of rotatable bonds is 11. The molecule has 0 radical (unpaired) electrons. The fraction of sp³-hybridized carbons (Fsp3) is 0.265. The molecule has 1 aliphatic rings. The predicted molar refractivity (Wildman–Crippen MR) is 158 cm³/mol. The Hall–Kier alpha value is -3.46. The molecule has 0 aromatic heterocycles. The van der Waals surface area contributed by atoms with Gasteiger partial charge in [0.25, 0.3) is 0 Å². The Kier molecular flexibility index (Phi) is 10.2. The Balaban J connectivity index is 1.48. The molecule has 41 heavy (non-hydrogen) atoms. The van der Waals surface area contributed by atoms with E-state index in [1.54, 1.807) is 24.3 Å². The molecule has 0 bridgehead atoms. The summed E-state index contributed by atoms with van der Waals surface area (Å²) in [6.07, 6.45) is -2.96. The molecule has 5 atom stereocenters. The number of carbonyl (C=O) groups excluding carboxylic acids is 1. The number of hydrogen-bond acceptors (Lipinski definition) is 7. The van der Waals surface area contributed by atoms with Crippen LogP contribution in [0.2, 0.25) is 0 Å². The van der Waals surface area contributed by atoms with Gasteiger partial charge in [-0.3, -0.25) is 0 Å². The molecule has 7 heteroatoms. The average molecular weight is 571 g/mol. The first-order valence-corrected chi connectivity index (χ1v) is 14.6. The first kappa shape index (κ1) is 29.0. The third kappa shape index (κ3) is 7.85. The fourth-order valence-electron chi connectivity index (χ4n) is 4.69. The zero-order valence-electron chi connectivity index (χ0n) is 22.9. The van der Waals surface area contributed by atoms with Crippen molar-refractivity contribution in [3.63, 3.8) is 0 Å². The predicted octanol–water partition coefficient (Wildman–Crippen LogP) is 6.20. The molecule has 6 nitrogen and oxygen atoms in total. The van der Waals surface area contributed by atoms with E-state index in [-0.39, 0.29) is 19.8 Å². The number of esters is 1. The second-order valence-electron chi connectivity index (χ2n) is 9.91. The molecule has 0 unspecified atom stereocenters. The zero-order valence-corrected chi connectivity index (χ0v) is 23.7. The smallest absolute Gasteiger partial charge is 0.338 e. The lowest BCUT2D eigenvalue weighted by molar-refractivity contribution is -0.239. The number of aryl methyl sites for hydroxylation is 1.